The topological polar surface area (TPSA) is 41.7 Å². The van der Waals surface area contributed by atoms with E-state index in [4.69, 9.17) is 10.2 Å². The Labute approximate surface area is 126 Å². The van der Waals surface area contributed by atoms with Crippen LogP contribution < -0.4 is 5.73 Å². The van der Waals surface area contributed by atoms with Crippen molar-refractivity contribution in [3.05, 3.63) is 12.3 Å². The molecule has 0 amide bonds. The fourth-order valence-electron chi connectivity index (χ4n) is 1.97. The minimum absolute atomic E-state index is 0.0432. The molecular formula is C15H33N3OSi. The monoisotopic (exact) mass is 299 g/mol. The zero-order chi connectivity index (χ0) is 15.8. The van der Waals surface area contributed by atoms with Crippen molar-refractivity contribution in [2.75, 3.05) is 13.2 Å². The third-order valence-electron chi connectivity index (χ3n) is 4.32. The zero-order valence-electron chi connectivity index (χ0n) is 14.5. The van der Waals surface area contributed by atoms with E-state index in [1.165, 1.54) is 0 Å². The van der Waals surface area contributed by atoms with Crippen LogP contribution in [0.2, 0.25) is 18.1 Å². The number of nitrogens with zero attached hydrogens (tertiary/aromatic N) is 2. The molecule has 0 saturated heterocycles. The van der Waals surface area contributed by atoms with Gasteiger partial charge in [0.2, 0.25) is 0 Å². The molecule has 1 rings (SSSR count). The predicted molar refractivity (Wildman–Crippen MR) is 88.6 cm³/mol. The number of hydrogen-bond donors (Lipinski definition) is 1. The van der Waals surface area contributed by atoms with E-state index >= 15 is 0 Å². The molecular weight excluding hydrogens is 266 g/mol. The molecule has 0 aromatic heterocycles. The first-order valence-corrected chi connectivity index (χ1v) is 10.4. The van der Waals surface area contributed by atoms with Crippen molar-refractivity contribution in [1.82, 2.24) is 10.0 Å². The Morgan fingerprint density at radius 2 is 1.70 bits per heavy atom. The zero-order valence-corrected chi connectivity index (χ0v) is 15.5. The summed E-state index contributed by atoms with van der Waals surface area (Å²) in [7, 11) is -1.67. The van der Waals surface area contributed by atoms with Crippen LogP contribution in [0.5, 0.6) is 0 Å². The highest BCUT2D eigenvalue weighted by Crippen LogP contribution is 2.36. The Morgan fingerprint density at radius 3 is 2.15 bits per heavy atom. The molecule has 0 bridgehead atoms. The predicted octanol–water partition coefficient (Wildman–Crippen LogP) is 3.14. The van der Waals surface area contributed by atoms with Crippen molar-refractivity contribution >= 4 is 8.32 Å². The van der Waals surface area contributed by atoms with Crippen molar-refractivity contribution in [3.63, 3.8) is 0 Å². The lowest BCUT2D eigenvalue weighted by molar-refractivity contribution is -0.0548. The summed E-state index contributed by atoms with van der Waals surface area (Å²) < 4.78 is 6.25. The minimum Gasteiger partial charge on any atom is -0.415 e. The van der Waals surface area contributed by atoms with Gasteiger partial charge in [-0.1, -0.05) is 20.8 Å². The van der Waals surface area contributed by atoms with Gasteiger partial charge in [-0.3, -0.25) is 0 Å². The maximum absolute atomic E-state index is 6.25. The average Bonchev–Trinajstić information content (AvgIpc) is 2.58. The molecule has 2 N–H and O–H groups in total. The van der Waals surface area contributed by atoms with E-state index < -0.39 is 8.32 Å². The van der Waals surface area contributed by atoms with E-state index in [9.17, 15) is 0 Å². The Kier molecular flexibility index (Phi) is 5.12. The molecule has 5 heteroatoms. The summed E-state index contributed by atoms with van der Waals surface area (Å²) in [5.41, 5.74) is 6.20. The van der Waals surface area contributed by atoms with Gasteiger partial charge in [-0.25, -0.2) is 0 Å². The summed E-state index contributed by atoms with van der Waals surface area (Å²) in [5, 5.41) is 4.65. The molecule has 118 valence electrons. The first-order valence-electron chi connectivity index (χ1n) is 7.50. The molecule has 0 aliphatic carbocycles. The van der Waals surface area contributed by atoms with Crippen LogP contribution in [0.15, 0.2) is 12.3 Å². The lowest BCUT2D eigenvalue weighted by atomic mass is 10.1. The van der Waals surface area contributed by atoms with Crippen LogP contribution in [0.25, 0.3) is 0 Å². The van der Waals surface area contributed by atoms with Gasteiger partial charge in [0, 0.05) is 24.9 Å². The van der Waals surface area contributed by atoms with Crippen LogP contribution in [0.4, 0.5) is 0 Å². The highest BCUT2D eigenvalue weighted by molar-refractivity contribution is 6.74. The van der Waals surface area contributed by atoms with E-state index in [0.29, 0.717) is 0 Å². The quantitative estimate of drug-likeness (QED) is 0.810. The molecule has 0 spiro atoms. The van der Waals surface area contributed by atoms with E-state index in [1.807, 2.05) is 6.08 Å². The third kappa shape index (κ3) is 4.07. The number of rotatable bonds is 4. The summed E-state index contributed by atoms with van der Waals surface area (Å²) in [5.74, 6) is 0. The van der Waals surface area contributed by atoms with E-state index in [0.717, 1.165) is 13.2 Å². The van der Waals surface area contributed by atoms with Gasteiger partial charge in [0.1, 0.15) is 0 Å². The lowest BCUT2D eigenvalue weighted by Crippen LogP contribution is -2.54. The fourth-order valence-corrected chi connectivity index (χ4v) is 3.01. The van der Waals surface area contributed by atoms with Crippen LogP contribution >= 0.6 is 0 Å². The third-order valence-corrected chi connectivity index (χ3v) is 8.86. The summed E-state index contributed by atoms with van der Waals surface area (Å²) in [6, 6.07) is 0. The maximum Gasteiger partial charge on any atom is 0.192 e. The molecule has 0 aromatic carbocycles. The lowest BCUT2D eigenvalue weighted by Gasteiger charge is -2.42. The second-order valence-corrected chi connectivity index (χ2v) is 12.9. The molecule has 0 fully saturated rings. The summed E-state index contributed by atoms with van der Waals surface area (Å²) in [6.45, 7) is 19.5. The highest BCUT2D eigenvalue weighted by atomic mass is 28.4. The van der Waals surface area contributed by atoms with E-state index in [1.54, 1.807) is 0 Å². The van der Waals surface area contributed by atoms with Gasteiger partial charge in [0.05, 0.1) is 6.17 Å². The summed E-state index contributed by atoms with van der Waals surface area (Å²) in [6.07, 6.45) is 4.08. The van der Waals surface area contributed by atoms with Crippen LogP contribution in [0.1, 0.15) is 41.5 Å². The SMILES string of the molecule is CC(C)(C)N1C=CC(N)N1CCO[Si](C)(C)C(C)(C)C. The molecule has 4 nitrogen and oxygen atoms in total. The fraction of sp³-hybridized carbons (Fsp3) is 0.867. The van der Waals surface area contributed by atoms with Crippen LogP contribution in [0.3, 0.4) is 0 Å². The van der Waals surface area contributed by atoms with Gasteiger partial charge >= 0.3 is 0 Å². The van der Waals surface area contributed by atoms with Crippen LogP contribution in [-0.2, 0) is 4.43 Å². The van der Waals surface area contributed by atoms with Crippen LogP contribution in [0, 0.1) is 0 Å². The number of nitrogens with two attached hydrogens (primary N) is 1. The van der Waals surface area contributed by atoms with Gasteiger partial charge in [0.15, 0.2) is 8.32 Å². The minimum atomic E-state index is -1.67. The number of hydrogen-bond acceptors (Lipinski definition) is 4. The molecule has 0 radical (unpaired) electrons. The van der Waals surface area contributed by atoms with Crippen molar-refractivity contribution in [3.8, 4) is 0 Å². The molecule has 1 atom stereocenters. The highest BCUT2D eigenvalue weighted by Gasteiger charge is 2.38. The van der Waals surface area contributed by atoms with Crippen molar-refractivity contribution in [2.45, 2.75) is 71.4 Å². The summed E-state index contributed by atoms with van der Waals surface area (Å²) >= 11 is 0. The van der Waals surface area contributed by atoms with Gasteiger partial charge in [-0.15, -0.1) is 0 Å². The molecule has 0 aromatic rings. The molecule has 1 unspecified atom stereocenters. The molecule has 1 aliphatic heterocycles. The average molecular weight is 300 g/mol. The first-order chi connectivity index (χ1) is 8.86. The number of hydrazine groups is 1. The van der Waals surface area contributed by atoms with Crippen molar-refractivity contribution in [2.24, 2.45) is 5.73 Å². The molecule has 1 aliphatic rings. The van der Waals surface area contributed by atoms with E-state index in [-0.39, 0.29) is 16.7 Å². The van der Waals surface area contributed by atoms with Gasteiger partial charge in [-0.2, -0.15) is 5.01 Å². The smallest absolute Gasteiger partial charge is 0.192 e. The standard InChI is InChI=1S/C15H33N3OSi/c1-14(2,3)18-10-9-13(16)17(18)11-12-19-20(7,8)15(4,5)6/h9-10,13H,11-12,16H2,1-8H3. The first kappa shape index (κ1) is 17.7. The molecule has 1 heterocycles. The maximum atomic E-state index is 6.25. The van der Waals surface area contributed by atoms with Gasteiger partial charge < -0.3 is 15.2 Å². The summed E-state index contributed by atoms with van der Waals surface area (Å²) in [4.78, 5) is 0. The Balaban J connectivity index is 2.57. The largest absolute Gasteiger partial charge is 0.415 e. The molecule has 20 heavy (non-hydrogen) atoms. The second kappa shape index (κ2) is 5.79. The Hall–Kier alpha value is -0.363. The van der Waals surface area contributed by atoms with Crippen LogP contribution in [-0.4, -0.2) is 43.2 Å². The van der Waals surface area contributed by atoms with Crippen molar-refractivity contribution in [1.29, 1.82) is 0 Å². The van der Waals surface area contributed by atoms with Crippen molar-refractivity contribution < 1.29 is 4.43 Å². The van der Waals surface area contributed by atoms with Gasteiger partial charge in [0.25, 0.3) is 0 Å². The second-order valence-electron chi connectivity index (χ2n) is 8.12. The Morgan fingerprint density at radius 1 is 1.15 bits per heavy atom. The van der Waals surface area contributed by atoms with Gasteiger partial charge in [-0.05, 0) is 45.0 Å². The normalized spacial score (nSPS) is 21.9. The van der Waals surface area contributed by atoms with E-state index in [2.05, 4.69) is 70.9 Å². The Bertz CT molecular complexity index is 355. The molecule has 0 saturated carbocycles.